The molecular formula is C17H22N6O4. The lowest BCUT2D eigenvalue weighted by atomic mass is 10.1. The molecule has 0 unspecified atom stereocenters. The van der Waals surface area contributed by atoms with Crippen LogP contribution in [-0.4, -0.2) is 73.3 Å². The van der Waals surface area contributed by atoms with E-state index >= 15 is 0 Å². The van der Waals surface area contributed by atoms with Gasteiger partial charge in [0.1, 0.15) is 5.69 Å². The molecule has 0 radical (unpaired) electrons. The van der Waals surface area contributed by atoms with E-state index in [4.69, 9.17) is 0 Å². The Kier molecular flexibility index (Phi) is 6.24. The van der Waals surface area contributed by atoms with Gasteiger partial charge >= 0.3 is 0 Å². The van der Waals surface area contributed by atoms with E-state index in [0.29, 0.717) is 5.69 Å². The average molecular weight is 374 g/mol. The number of carbonyl (C=O) groups excluding carboxylic acids is 1. The molecule has 4 atom stereocenters. The van der Waals surface area contributed by atoms with E-state index in [9.17, 15) is 20.1 Å². The molecule has 1 aliphatic rings. The lowest BCUT2D eigenvalue weighted by Crippen LogP contribution is -2.38. The van der Waals surface area contributed by atoms with Crippen molar-refractivity contribution < 1.29 is 20.1 Å². The molecule has 10 heteroatoms. The summed E-state index contributed by atoms with van der Waals surface area (Å²) < 4.78 is 1.49. The molecule has 1 aliphatic heterocycles. The van der Waals surface area contributed by atoms with Crippen molar-refractivity contribution in [2.75, 3.05) is 6.61 Å². The third kappa shape index (κ3) is 4.74. The fourth-order valence-electron chi connectivity index (χ4n) is 2.95. The summed E-state index contributed by atoms with van der Waals surface area (Å²) in [6.07, 6.45) is 0.992. The predicted octanol–water partition coefficient (Wildman–Crippen LogP) is -1.97. The summed E-state index contributed by atoms with van der Waals surface area (Å²) in [6.45, 7) is -0.0676. The molecule has 1 aromatic heterocycles. The van der Waals surface area contributed by atoms with Gasteiger partial charge in [-0.2, -0.15) is 5.10 Å². The number of hydrogen-bond acceptors (Lipinski definition) is 8. The smallest absolute Gasteiger partial charge is 0.244 e. The lowest BCUT2D eigenvalue weighted by molar-refractivity contribution is -0.120. The molecule has 3 rings (SSSR count). The maximum atomic E-state index is 11.9. The van der Waals surface area contributed by atoms with Gasteiger partial charge in [-0.15, -0.1) is 5.10 Å². The van der Waals surface area contributed by atoms with E-state index in [1.54, 1.807) is 0 Å². The van der Waals surface area contributed by atoms with Crippen molar-refractivity contribution in [3.8, 4) is 0 Å². The fourth-order valence-corrected chi connectivity index (χ4v) is 2.95. The van der Waals surface area contributed by atoms with Gasteiger partial charge in [0.2, 0.25) is 5.91 Å². The molecule has 0 spiro atoms. The van der Waals surface area contributed by atoms with Gasteiger partial charge in [-0.1, -0.05) is 35.5 Å². The Morgan fingerprint density at radius 3 is 2.70 bits per heavy atom. The Hall–Kier alpha value is -2.66. The molecule has 1 saturated heterocycles. The van der Waals surface area contributed by atoms with Crippen molar-refractivity contribution in [2.24, 2.45) is 5.10 Å². The van der Waals surface area contributed by atoms with Crippen LogP contribution in [0, 0.1) is 0 Å². The summed E-state index contributed by atoms with van der Waals surface area (Å²) in [7, 11) is 0. The Labute approximate surface area is 155 Å². The number of aromatic nitrogens is 3. The number of hydrazone groups is 1. The molecule has 144 valence electrons. The summed E-state index contributed by atoms with van der Waals surface area (Å²) in [4.78, 5) is 11.9. The SMILES string of the molecule is O=C(Cc1ccccc1)N/N=C/c1cnnn1C[C@H]1N[C@H](CO)[C@@H](O)[C@@H]1O. The largest absolute Gasteiger partial charge is 0.395 e. The first-order valence-electron chi connectivity index (χ1n) is 8.56. The number of carbonyl (C=O) groups is 1. The van der Waals surface area contributed by atoms with E-state index in [1.165, 1.54) is 17.1 Å². The van der Waals surface area contributed by atoms with Crippen LogP contribution in [0.5, 0.6) is 0 Å². The minimum atomic E-state index is -1.06. The highest BCUT2D eigenvalue weighted by Crippen LogP contribution is 2.16. The van der Waals surface area contributed by atoms with E-state index < -0.39 is 24.3 Å². The molecule has 2 heterocycles. The van der Waals surface area contributed by atoms with Crippen LogP contribution in [0.4, 0.5) is 0 Å². The van der Waals surface area contributed by atoms with Gasteiger partial charge in [0, 0.05) is 0 Å². The van der Waals surface area contributed by atoms with E-state index in [-0.39, 0.29) is 25.5 Å². The number of amides is 1. The molecule has 0 aliphatic carbocycles. The number of benzene rings is 1. The van der Waals surface area contributed by atoms with Gasteiger partial charge in [0.15, 0.2) is 0 Å². The number of nitrogens with one attached hydrogen (secondary N) is 2. The Morgan fingerprint density at radius 1 is 1.26 bits per heavy atom. The molecule has 10 nitrogen and oxygen atoms in total. The second-order valence-corrected chi connectivity index (χ2v) is 6.34. The molecular weight excluding hydrogens is 352 g/mol. The topological polar surface area (TPSA) is 145 Å². The van der Waals surface area contributed by atoms with Crippen LogP contribution in [0.2, 0.25) is 0 Å². The zero-order valence-corrected chi connectivity index (χ0v) is 14.5. The third-order valence-corrected chi connectivity index (χ3v) is 4.41. The van der Waals surface area contributed by atoms with Crippen molar-refractivity contribution in [3.63, 3.8) is 0 Å². The van der Waals surface area contributed by atoms with Crippen LogP contribution in [0.25, 0.3) is 0 Å². The number of nitrogens with zero attached hydrogens (tertiary/aromatic N) is 4. The Balaban J connectivity index is 1.55. The van der Waals surface area contributed by atoms with Crippen molar-refractivity contribution >= 4 is 12.1 Å². The van der Waals surface area contributed by atoms with Gasteiger partial charge in [-0.25, -0.2) is 10.1 Å². The lowest BCUT2D eigenvalue weighted by Gasteiger charge is -2.16. The fraction of sp³-hybridized carbons (Fsp3) is 0.412. The zero-order valence-electron chi connectivity index (χ0n) is 14.5. The molecule has 1 aromatic carbocycles. The number of aliphatic hydroxyl groups is 3. The van der Waals surface area contributed by atoms with Gasteiger partial charge in [0.05, 0.1) is 56.3 Å². The van der Waals surface area contributed by atoms with Gasteiger partial charge in [0.25, 0.3) is 0 Å². The first-order chi connectivity index (χ1) is 13.1. The third-order valence-electron chi connectivity index (χ3n) is 4.41. The highest BCUT2D eigenvalue weighted by atomic mass is 16.3. The minimum Gasteiger partial charge on any atom is -0.395 e. The zero-order chi connectivity index (χ0) is 19.2. The van der Waals surface area contributed by atoms with Crippen LogP contribution in [-0.2, 0) is 17.8 Å². The van der Waals surface area contributed by atoms with Crippen molar-refractivity contribution in [1.82, 2.24) is 25.7 Å². The second kappa shape index (κ2) is 8.82. The first kappa shape index (κ1) is 19.1. The van der Waals surface area contributed by atoms with Crippen molar-refractivity contribution in [2.45, 2.75) is 37.3 Å². The quantitative estimate of drug-likeness (QED) is 0.279. The number of aliphatic hydroxyl groups excluding tert-OH is 3. The maximum Gasteiger partial charge on any atom is 0.244 e. The average Bonchev–Trinajstić information content (AvgIpc) is 3.22. The van der Waals surface area contributed by atoms with Crippen molar-refractivity contribution in [1.29, 1.82) is 0 Å². The normalized spacial score (nSPS) is 25.1. The summed E-state index contributed by atoms with van der Waals surface area (Å²) >= 11 is 0. The minimum absolute atomic E-state index is 0.216. The van der Waals surface area contributed by atoms with Crippen LogP contribution in [0.15, 0.2) is 41.6 Å². The summed E-state index contributed by atoms with van der Waals surface area (Å²) in [5.74, 6) is -0.252. The predicted molar refractivity (Wildman–Crippen MR) is 95.7 cm³/mol. The maximum absolute atomic E-state index is 11.9. The molecule has 27 heavy (non-hydrogen) atoms. The summed E-state index contributed by atoms with van der Waals surface area (Å²) in [6, 6.07) is 8.22. The van der Waals surface area contributed by atoms with Crippen molar-refractivity contribution in [3.05, 3.63) is 47.8 Å². The van der Waals surface area contributed by atoms with Crippen LogP contribution >= 0.6 is 0 Å². The number of rotatable bonds is 7. The number of hydrogen-bond donors (Lipinski definition) is 5. The summed E-state index contributed by atoms with van der Waals surface area (Å²) in [5, 5.41) is 43.7. The van der Waals surface area contributed by atoms with E-state index in [2.05, 4.69) is 26.2 Å². The highest BCUT2D eigenvalue weighted by molar-refractivity contribution is 5.81. The Morgan fingerprint density at radius 2 is 2.00 bits per heavy atom. The van der Waals surface area contributed by atoms with E-state index in [1.807, 2.05) is 30.3 Å². The highest BCUT2D eigenvalue weighted by Gasteiger charge is 2.40. The molecule has 0 bridgehead atoms. The standard InChI is InChI=1S/C17H22N6O4/c24-10-14-17(27)16(26)13(20-14)9-23-12(8-19-22-23)7-18-21-15(25)6-11-4-2-1-3-5-11/h1-5,7-8,13-14,16-17,20,24,26-27H,6,9-10H2,(H,21,25)/b18-7+/t13-,14-,16-,17-/m1/s1. The molecule has 1 amide bonds. The van der Waals surface area contributed by atoms with Gasteiger partial charge < -0.3 is 20.6 Å². The molecule has 2 aromatic rings. The van der Waals surface area contributed by atoms with Crippen LogP contribution < -0.4 is 10.7 Å². The van der Waals surface area contributed by atoms with Gasteiger partial charge in [-0.3, -0.25) is 4.79 Å². The van der Waals surface area contributed by atoms with Crippen LogP contribution in [0.1, 0.15) is 11.3 Å². The first-order valence-corrected chi connectivity index (χ1v) is 8.56. The Bertz CT molecular complexity index is 781. The van der Waals surface area contributed by atoms with Gasteiger partial charge in [-0.05, 0) is 5.56 Å². The van der Waals surface area contributed by atoms with Crippen LogP contribution in [0.3, 0.4) is 0 Å². The molecule has 0 saturated carbocycles. The monoisotopic (exact) mass is 374 g/mol. The molecule has 1 fully saturated rings. The second-order valence-electron chi connectivity index (χ2n) is 6.34. The summed E-state index contributed by atoms with van der Waals surface area (Å²) in [5.41, 5.74) is 3.85. The van der Waals surface area contributed by atoms with E-state index in [0.717, 1.165) is 5.56 Å². The molecule has 5 N–H and O–H groups in total.